The van der Waals surface area contributed by atoms with Crippen LogP contribution in [0, 0.1) is 11.8 Å². The Hall–Kier alpha value is -0.560. The lowest BCUT2D eigenvalue weighted by atomic mass is 9.78. The van der Waals surface area contributed by atoms with Gasteiger partial charge in [-0.25, -0.2) is 0 Å². The molecular formula is C12H18O. The van der Waals surface area contributed by atoms with E-state index in [9.17, 15) is 0 Å². The van der Waals surface area contributed by atoms with E-state index in [1.54, 1.807) is 0 Å². The molecular weight excluding hydrogens is 160 g/mol. The minimum Gasteiger partial charge on any atom is -0.374 e. The second-order valence-electron chi connectivity index (χ2n) is 4.17. The average Bonchev–Trinajstić information content (AvgIpc) is 2.02. The standard InChI is InChI=1S/C12H18O/c1-3-9-5-7-11(9)13-12-8-6-10(12)4-2/h3-4,9-12H,1-2,5-8H2/t9-,10+,11-,12+. The highest BCUT2D eigenvalue weighted by molar-refractivity contribution is 4.98. The van der Waals surface area contributed by atoms with Crippen molar-refractivity contribution in [1.29, 1.82) is 0 Å². The van der Waals surface area contributed by atoms with Crippen molar-refractivity contribution in [2.75, 3.05) is 0 Å². The van der Waals surface area contributed by atoms with Gasteiger partial charge in [0.1, 0.15) is 0 Å². The topological polar surface area (TPSA) is 9.23 Å². The zero-order chi connectivity index (χ0) is 9.26. The van der Waals surface area contributed by atoms with Crippen LogP contribution >= 0.6 is 0 Å². The van der Waals surface area contributed by atoms with Gasteiger partial charge in [0.05, 0.1) is 12.2 Å². The van der Waals surface area contributed by atoms with Crippen molar-refractivity contribution in [3.8, 4) is 0 Å². The van der Waals surface area contributed by atoms with Crippen LogP contribution in [-0.4, -0.2) is 12.2 Å². The largest absolute Gasteiger partial charge is 0.374 e. The summed E-state index contributed by atoms with van der Waals surface area (Å²) >= 11 is 0. The molecule has 4 atom stereocenters. The quantitative estimate of drug-likeness (QED) is 0.601. The molecule has 13 heavy (non-hydrogen) atoms. The smallest absolute Gasteiger partial charge is 0.0641 e. The molecule has 0 unspecified atom stereocenters. The molecule has 0 aromatic carbocycles. The molecule has 0 aliphatic heterocycles. The number of hydrogen-bond donors (Lipinski definition) is 0. The predicted molar refractivity (Wildman–Crippen MR) is 54.5 cm³/mol. The van der Waals surface area contributed by atoms with Gasteiger partial charge in [-0.3, -0.25) is 0 Å². The first-order chi connectivity index (χ1) is 6.35. The van der Waals surface area contributed by atoms with Crippen LogP contribution in [0.5, 0.6) is 0 Å². The maximum atomic E-state index is 5.99. The summed E-state index contributed by atoms with van der Waals surface area (Å²) in [6.45, 7) is 7.65. The van der Waals surface area contributed by atoms with Crippen molar-refractivity contribution in [2.24, 2.45) is 11.8 Å². The van der Waals surface area contributed by atoms with Crippen LogP contribution in [0.3, 0.4) is 0 Å². The molecule has 0 spiro atoms. The van der Waals surface area contributed by atoms with E-state index in [0.717, 1.165) is 0 Å². The van der Waals surface area contributed by atoms with E-state index >= 15 is 0 Å². The minimum absolute atomic E-state index is 0.463. The molecule has 0 N–H and O–H groups in total. The van der Waals surface area contributed by atoms with Crippen LogP contribution in [0.15, 0.2) is 25.3 Å². The highest BCUT2D eigenvalue weighted by Crippen LogP contribution is 2.38. The van der Waals surface area contributed by atoms with Gasteiger partial charge in [-0.2, -0.15) is 0 Å². The van der Waals surface area contributed by atoms with Crippen molar-refractivity contribution < 1.29 is 4.74 Å². The maximum Gasteiger partial charge on any atom is 0.0641 e. The second-order valence-corrected chi connectivity index (χ2v) is 4.17. The molecule has 0 radical (unpaired) electrons. The summed E-state index contributed by atoms with van der Waals surface area (Å²) in [5.41, 5.74) is 0. The fourth-order valence-electron chi connectivity index (χ4n) is 2.09. The fourth-order valence-corrected chi connectivity index (χ4v) is 2.09. The average molecular weight is 178 g/mol. The second kappa shape index (κ2) is 3.67. The summed E-state index contributed by atoms with van der Waals surface area (Å²) in [4.78, 5) is 0. The molecule has 0 heterocycles. The van der Waals surface area contributed by atoms with Gasteiger partial charge in [-0.05, 0) is 25.7 Å². The van der Waals surface area contributed by atoms with Gasteiger partial charge < -0.3 is 4.74 Å². The van der Waals surface area contributed by atoms with Crippen LogP contribution in [0.2, 0.25) is 0 Å². The summed E-state index contributed by atoms with van der Waals surface area (Å²) in [6, 6.07) is 0. The normalized spacial score (nSPS) is 43.1. The first-order valence-electron chi connectivity index (χ1n) is 5.25. The van der Waals surface area contributed by atoms with Gasteiger partial charge in [-0.1, -0.05) is 12.2 Å². The van der Waals surface area contributed by atoms with E-state index in [0.29, 0.717) is 24.0 Å². The molecule has 0 saturated heterocycles. The monoisotopic (exact) mass is 178 g/mol. The highest BCUT2D eigenvalue weighted by atomic mass is 16.5. The van der Waals surface area contributed by atoms with Crippen molar-refractivity contribution >= 4 is 0 Å². The Bertz CT molecular complexity index is 187. The molecule has 0 bridgehead atoms. The molecule has 1 heteroatoms. The summed E-state index contributed by atoms with van der Waals surface area (Å²) in [7, 11) is 0. The van der Waals surface area contributed by atoms with Crippen LogP contribution in [0.4, 0.5) is 0 Å². The maximum absolute atomic E-state index is 5.99. The lowest BCUT2D eigenvalue weighted by molar-refractivity contribution is -0.121. The van der Waals surface area contributed by atoms with Crippen molar-refractivity contribution in [2.45, 2.75) is 37.9 Å². The Morgan fingerprint density at radius 1 is 0.846 bits per heavy atom. The molecule has 1 nitrogen and oxygen atoms in total. The van der Waals surface area contributed by atoms with Gasteiger partial charge in [-0.15, -0.1) is 13.2 Å². The molecule has 2 fully saturated rings. The van der Waals surface area contributed by atoms with E-state index in [1.165, 1.54) is 25.7 Å². The van der Waals surface area contributed by atoms with E-state index in [4.69, 9.17) is 4.74 Å². The number of rotatable bonds is 4. The molecule has 0 aromatic rings. The molecule has 2 saturated carbocycles. The zero-order valence-electron chi connectivity index (χ0n) is 8.11. The highest BCUT2D eigenvalue weighted by Gasteiger charge is 2.36. The first kappa shape index (κ1) is 9.01. The summed E-state index contributed by atoms with van der Waals surface area (Å²) < 4.78 is 5.99. The Labute approximate surface area is 80.5 Å². The lowest BCUT2D eigenvalue weighted by Crippen LogP contribution is -2.42. The summed E-state index contributed by atoms with van der Waals surface area (Å²) in [5, 5.41) is 0. The van der Waals surface area contributed by atoms with Crippen molar-refractivity contribution in [3.63, 3.8) is 0 Å². The Balaban J connectivity index is 1.78. The van der Waals surface area contributed by atoms with Crippen LogP contribution < -0.4 is 0 Å². The Morgan fingerprint density at radius 2 is 1.31 bits per heavy atom. The molecule has 2 aliphatic carbocycles. The molecule has 0 amide bonds. The summed E-state index contributed by atoms with van der Waals surface area (Å²) in [6.07, 6.45) is 9.97. The third-order valence-corrected chi connectivity index (χ3v) is 3.48. The van der Waals surface area contributed by atoms with Gasteiger partial charge in [0.2, 0.25) is 0 Å². The van der Waals surface area contributed by atoms with Crippen LogP contribution in [0.25, 0.3) is 0 Å². The minimum atomic E-state index is 0.463. The van der Waals surface area contributed by atoms with E-state index in [-0.39, 0.29) is 0 Å². The number of ether oxygens (including phenoxy) is 1. The van der Waals surface area contributed by atoms with E-state index < -0.39 is 0 Å². The molecule has 2 aliphatic rings. The zero-order valence-corrected chi connectivity index (χ0v) is 8.11. The predicted octanol–water partition coefficient (Wildman–Crippen LogP) is 2.93. The molecule has 2 rings (SSSR count). The van der Waals surface area contributed by atoms with Gasteiger partial charge in [0.25, 0.3) is 0 Å². The third kappa shape index (κ3) is 1.58. The van der Waals surface area contributed by atoms with E-state index in [2.05, 4.69) is 13.2 Å². The third-order valence-electron chi connectivity index (χ3n) is 3.48. The van der Waals surface area contributed by atoms with Crippen LogP contribution in [0.1, 0.15) is 25.7 Å². The fraction of sp³-hybridized carbons (Fsp3) is 0.667. The van der Waals surface area contributed by atoms with Crippen molar-refractivity contribution in [3.05, 3.63) is 25.3 Å². The first-order valence-corrected chi connectivity index (χ1v) is 5.25. The van der Waals surface area contributed by atoms with Gasteiger partial charge >= 0.3 is 0 Å². The van der Waals surface area contributed by atoms with E-state index in [1.807, 2.05) is 12.2 Å². The molecule has 72 valence electrons. The number of hydrogen-bond acceptors (Lipinski definition) is 1. The van der Waals surface area contributed by atoms with Crippen molar-refractivity contribution in [1.82, 2.24) is 0 Å². The van der Waals surface area contributed by atoms with Gasteiger partial charge in [0.15, 0.2) is 0 Å². The molecule has 0 aromatic heterocycles. The Morgan fingerprint density at radius 3 is 1.54 bits per heavy atom. The van der Waals surface area contributed by atoms with Crippen LogP contribution in [-0.2, 0) is 4.74 Å². The SMILES string of the molecule is C=C[C@@H]1CC[C@H]1O[C@H]1CC[C@@H]1C=C. The lowest BCUT2D eigenvalue weighted by Gasteiger charge is -2.43. The Kier molecular flexibility index (Phi) is 2.54. The summed E-state index contributed by atoms with van der Waals surface area (Å²) in [5.74, 6) is 1.23. The van der Waals surface area contributed by atoms with Gasteiger partial charge in [0, 0.05) is 11.8 Å².